The number of nitrogens with zero attached hydrogens (tertiary/aromatic N) is 1. The predicted molar refractivity (Wildman–Crippen MR) is 78.2 cm³/mol. The van der Waals surface area contributed by atoms with Crippen LogP contribution in [0.4, 0.5) is 13.2 Å². The molecule has 7 heteroatoms. The molecule has 0 radical (unpaired) electrons. The second-order valence-corrected chi connectivity index (χ2v) is 5.56. The maximum absolute atomic E-state index is 12.6. The third-order valence-electron chi connectivity index (χ3n) is 3.10. The van der Waals surface area contributed by atoms with Crippen LogP contribution in [0.1, 0.15) is 5.56 Å². The molecule has 0 aliphatic heterocycles. The van der Waals surface area contributed by atoms with E-state index in [1.54, 1.807) is 12.1 Å². The Labute approximate surface area is 127 Å². The van der Waals surface area contributed by atoms with Gasteiger partial charge in [0.05, 0.1) is 15.8 Å². The fourth-order valence-corrected chi connectivity index (χ4v) is 2.92. The van der Waals surface area contributed by atoms with Crippen LogP contribution < -0.4 is 9.61 Å². The highest BCUT2D eigenvalue weighted by Gasteiger charge is 2.30. The second-order valence-electron chi connectivity index (χ2n) is 4.56. The lowest BCUT2D eigenvalue weighted by Gasteiger charge is -2.10. The molecule has 0 saturated heterocycles. The van der Waals surface area contributed by atoms with Gasteiger partial charge in [-0.05, 0) is 30.3 Å². The first-order chi connectivity index (χ1) is 10.4. The van der Waals surface area contributed by atoms with Crippen LogP contribution in [0.5, 0.6) is 5.75 Å². The van der Waals surface area contributed by atoms with Crippen molar-refractivity contribution in [1.82, 2.24) is 4.57 Å². The highest BCUT2D eigenvalue weighted by molar-refractivity contribution is 7.16. The van der Waals surface area contributed by atoms with Crippen molar-refractivity contribution in [2.24, 2.45) is 0 Å². The molecule has 3 nitrogen and oxygen atoms in total. The average molecular weight is 325 g/mol. The highest BCUT2D eigenvalue weighted by Crippen LogP contribution is 2.31. The summed E-state index contributed by atoms with van der Waals surface area (Å²) in [5.74, 6) is 0.0667. The van der Waals surface area contributed by atoms with Crippen molar-refractivity contribution in [1.29, 1.82) is 0 Å². The van der Waals surface area contributed by atoms with E-state index in [4.69, 9.17) is 4.74 Å². The molecule has 2 aromatic carbocycles. The van der Waals surface area contributed by atoms with Gasteiger partial charge in [-0.1, -0.05) is 29.5 Å². The monoisotopic (exact) mass is 325 g/mol. The number of halogens is 3. The van der Waals surface area contributed by atoms with Crippen LogP contribution in [-0.2, 0) is 12.9 Å². The lowest BCUT2D eigenvalue weighted by atomic mass is 10.2. The number of rotatable bonds is 3. The first-order valence-corrected chi connectivity index (χ1v) is 7.15. The van der Waals surface area contributed by atoms with Crippen molar-refractivity contribution < 1.29 is 17.9 Å². The molecule has 3 aromatic rings. The van der Waals surface area contributed by atoms with E-state index < -0.39 is 11.7 Å². The summed E-state index contributed by atoms with van der Waals surface area (Å²) in [6.45, 7) is -0.135. The number of hydrogen-bond donors (Lipinski definition) is 0. The summed E-state index contributed by atoms with van der Waals surface area (Å²) >= 11 is 1.07. The number of thiazole rings is 1. The van der Waals surface area contributed by atoms with Crippen LogP contribution >= 0.6 is 11.3 Å². The lowest BCUT2D eigenvalue weighted by Crippen LogP contribution is -2.16. The van der Waals surface area contributed by atoms with Gasteiger partial charge in [0.1, 0.15) is 5.75 Å². The standard InChI is InChI=1S/C15H10F3NO2S/c16-15(17,18)10-4-3-5-11(8-10)21-9-19-12-6-1-2-7-13(12)22-14(19)20/h1-8H,9H2. The molecular weight excluding hydrogens is 315 g/mol. The summed E-state index contributed by atoms with van der Waals surface area (Å²) in [5, 5.41) is 0. The number of ether oxygens (including phenoxy) is 1. The van der Waals surface area contributed by atoms with Gasteiger partial charge in [-0.2, -0.15) is 13.2 Å². The van der Waals surface area contributed by atoms with Crippen molar-refractivity contribution in [2.75, 3.05) is 0 Å². The minimum absolute atomic E-state index is 0.0667. The molecule has 0 fully saturated rings. The summed E-state index contributed by atoms with van der Waals surface area (Å²) in [7, 11) is 0. The molecule has 0 spiro atoms. The molecule has 1 aromatic heterocycles. The number of hydrogen-bond acceptors (Lipinski definition) is 3. The molecule has 0 aliphatic carbocycles. The van der Waals surface area contributed by atoms with E-state index in [9.17, 15) is 18.0 Å². The average Bonchev–Trinajstić information content (AvgIpc) is 2.80. The highest BCUT2D eigenvalue weighted by atomic mass is 32.1. The van der Waals surface area contributed by atoms with Crippen molar-refractivity contribution in [3.8, 4) is 5.75 Å². The van der Waals surface area contributed by atoms with Gasteiger partial charge in [0.2, 0.25) is 0 Å². The SMILES string of the molecule is O=c1sc2ccccc2n1COc1cccc(C(F)(F)F)c1. The summed E-state index contributed by atoms with van der Waals surface area (Å²) < 4.78 is 45.5. The Bertz CT molecular complexity index is 867. The third kappa shape index (κ3) is 2.85. The lowest BCUT2D eigenvalue weighted by molar-refractivity contribution is -0.137. The maximum Gasteiger partial charge on any atom is 0.416 e. The van der Waals surface area contributed by atoms with E-state index in [-0.39, 0.29) is 17.4 Å². The molecule has 0 N–H and O–H groups in total. The third-order valence-corrected chi connectivity index (χ3v) is 4.06. The summed E-state index contributed by atoms with van der Waals surface area (Å²) in [6.07, 6.45) is -4.43. The largest absolute Gasteiger partial charge is 0.473 e. The number of benzene rings is 2. The summed E-state index contributed by atoms with van der Waals surface area (Å²) in [4.78, 5) is 11.7. The molecule has 0 aliphatic rings. The smallest absolute Gasteiger partial charge is 0.416 e. The van der Waals surface area contributed by atoms with Crippen LogP contribution in [-0.4, -0.2) is 4.57 Å². The van der Waals surface area contributed by atoms with E-state index in [1.165, 1.54) is 16.7 Å². The van der Waals surface area contributed by atoms with Crippen molar-refractivity contribution in [3.05, 3.63) is 63.8 Å². The van der Waals surface area contributed by atoms with Gasteiger partial charge in [-0.25, -0.2) is 0 Å². The number of para-hydroxylation sites is 1. The van der Waals surface area contributed by atoms with Crippen molar-refractivity contribution in [3.63, 3.8) is 0 Å². The van der Waals surface area contributed by atoms with Gasteiger partial charge in [0, 0.05) is 0 Å². The molecule has 0 unspecified atom stereocenters. The molecule has 114 valence electrons. The Morgan fingerprint density at radius 1 is 1.09 bits per heavy atom. The number of fused-ring (bicyclic) bond motifs is 1. The van der Waals surface area contributed by atoms with E-state index in [0.29, 0.717) is 5.52 Å². The normalized spacial score (nSPS) is 11.8. The topological polar surface area (TPSA) is 31.2 Å². The van der Waals surface area contributed by atoms with Crippen LogP contribution in [0.15, 0.2) is 53.3 Å². The quantitative estimate of drug-likeness (QED) is 0.725. The second kappa shape index (κ2) is 5.49. The van der Waals surface area contributed by atoms with E-state index in [2.05, 4.69) is 0 Å². The van der Waals surface area contributed by atoms with Crippen LogP contribution in [0.2, 0.25) is 0 Å². The van der Waals surface area contributed by atoms with Gasteiger partial charge in [0.15, 0.2) is 6.73 Å². The fourth-order valence-electron chi connectivity index (χ4n) is 2.04. The Hall–Kier alpha value is -2.28. The van der Waals surface area contributed by atoms with Crippen molar-refractivity contribution >= 4 is 21.6 Å². The van der Waals surface area contributed by atoms with Crippen molar-refractivity contribution in [2.45, 2.75) is 12.9 Å². The van der Waals surface area contributed by atoms with Gasteiger partial charge >= 0.3 is 11.0 Å². The number of alkyl halides is 3. The zero-order valence-electron chi connectivity index (χ0n) is 11.1. The van der Waals surface area contributed by atoms with Gasteiger partial charge in [-0.3, -0.25) is 9.36 Å². The van der Waals surface area contributed by atoms with Crippen LogP contribution in [0, 0.1) is 0 Å². The first kappa shape index (κ1) is 14.6. The zero-order valence-corrected chi connectivity index (χ0v) is 11.9. The molecule has 3 rings (SSSR count). The number of aromatic nitrogens is 1. The Morgan fingerprint density at radius 2 is 1.86 bits per heavy atom. The Morgan fingerprint density at radius 3 is 2.64 bits per heavy atom. The van der Waals surface area contributed by atoms with Gasteiger partial charge < -0.3 is 4.74 Å². The minimum Gasteiger partial charge on any atom is -0.473 e. The van der Waals surface area contributed by atoms with E-state index >= 15 is 0 Å². The predicted octanol–water partition coefficient (Wildman–Crippen LogP) is 4.12. The first-order valence-electron chi connectivity index (χ1n) is 6.33. The molecule has 1 heterocycles. The maximum atomic E-state index is 12.6. The Kier molecular flexibility index (Phi) is 3.66. The molecule has 0 amide bonds. The van der Waals surface area contributed by atoms with E-state index in [1.807, 2.05) is 12.1 Å². The molecular formula is C15H10F3NO2S. The van der Waals surface area contributed by atoms with E-state index in [0.717, 1.165) is 28.2 Å². The summed E-state index contributed by atoms with van der Waals surface area (Å²) in [5.41, 5.74) is -0.0861. The molecule has 0 bridgehead atoms. The van der Waals surface area contributed by atoms with Gasteiger partial charge in [0.25, 0.3) is 0 Å². The van der Waals surface area contributed by atoms with Gasteiger partial charge in [-0.15, -0.1) is 0 Å². The molecule has 0 saturated carbocycles. The van der Waals surface area contributed by atoms with Crippen LogP contribution in [0.25, 0.3) is 10.2 Å². The summed E-state index contributed by atoms with van der Waals surface area (Å²) in [6, 6.07) is 11.8. The molecule has 0 atom stereocenters. The Balaban J connectivity index is 1.86. The minimum atomic E-state index is -4.43. The zero-order chi connectivity index (χ0) is 15.7. The van der Waals surface area contributed by atoms with Crippen LogP contribution in [0.3, 0.4) is 0 Å². The fraction of sp³-hybridized carbons (Fsp3) is 0.133. The molecule has 22 heavy (non-hydrogen) atoms.